The number of alkyl carbamates (subject to hydrolysis) is 1. The van der Waals surface area contributed by atoms with Gasteiger partial charge in [0.25, 0.3) is 5.91 Å². The molecule has 3 atom stereocenters. The highest BCUT2D eigenvalue weighted by molar-refractivity contribution is 5.97. The third-order valence-electron chi connectivity index (χ3n) is 7.91. The zero-order valence-electron chi connectivity index (χ0n) is 28.1. The van der Waals surface area contributed by atoms with E-state index in [4.69, 9.17) is 28.4 Å². The van der Waals surface area contributed by atoms with Gasteiger partial charge in [-0.2, -0.15) is 0 Å². The molecule has 1 unspecified atom stereocenters. The van der Waals surface area contributed by atoms with Crippen molar-refractivity contribution in [2.75, 3.05) is 77.9 Å². The third-order valence-corrected chi connectivity index (χ3v) is 7.91. The molecule has 1 aliphatic heterocycles. The third kappa shape index (κ3) is 11.2. The highest BCUT2D eigenvalue weighted by atomic mass is 16.6. The minimum Gasteiger partial charge on any atom is -0.476 e. The van der Waals surface area contributed by atoms with Gasteiger partial charge in [0.15, 0.2) is 0 Å². The Labute approximate surface area is 271 Å². The van der Waals surface area contributed by atoms with Crippen molar-refractivity contribution in [2.45, 2.75) is 71.1 Å². The van der Waals surface area contributed by atoms with Gasteiger partial charge in [0.1, 0.15) is 22.5 Å². The minimum absolute atomic E-state index is 0.105. The van der Waals surface area contributed by atoms with E-state index >= 15 is 0 Å². The number of amides is 2. The normalized spacial score (nSPS) is 19.1. The monoisotopic (exact) mass is 652 g/mol. The molecule has 0 radical (unpaired) electrons. The van der Waals surface area contributed by atoms with Gasteiger partial charge >= 0.3 is 12.1 Å². The molecule has 14 heteroatoms. The number of aromatic nitrogens is 1. The number of esters is 1. The second-order valence-electron chi connectivity index (χ2n) is 12.5. The maximum Gasteiger partial charge on any atom is 0.407 e. The van der Waals surface area contributed by atoms with Crippen LogP contribution in [0.15, 0.2) is 12.1 Å². The number of aliphatic hydroxyl groups excluding tert-OH is 1. The summed E-state index contributed by atoms with van der Waals surface area (Å²) in [7, 11) is 1.67. The maximum atomic E-state index is 13.5. The van der Waals surface area contributed by atoms with Crippen molar-refractivity contribution < 1.29 is 47.9 Å². The van der Waals surface area contributed by atoms with Crippen molar-refractivity contribution in [1.29, 1.82) is 0 Å². The smallest absolute Gasteiger partial charge is 0.407 e. The Bertz CT molecular complexity index is 1140. The average molecular weight is 653 g/mol. The quantitative estimate of drug-likeness (QED) is 0.139. The number of hydrogen-bond acceptors (Lipinski definition) is 12. The van der Waals surface area contributed by atoms with Crippen LogP contribution in [-0.4, -0.2) is 118 Å². The highest BCUT2D eigenvalue weighted by Gasteiger charge is 2.41. The van der Waals surface area contributed by atoms with Gasteiger partial charge in [-0.15, -0.1) is 0 Å². The first-order valence-corrected chi connectivity index (χ1v) is 16.1. The summed E-state index contributed by atoms with van der Waals surface area (Å²) in [5.41, 5.74) is -1.04. The fourth-order valence-corrected chi connectivity index (χ4v) is 4.90. The Morgan fingerprint density at radius 1 is 1.04 bits per heavy atom. The van der Waals surface area contributed by atoms with E-state index in [1.54, 1.807) is 53.9 Å². The van der Waals surface area contributed by atoms with E-state index in [9.17, 15) is 19.5 Å². The van der Waals surface area contributed by atoms with Gasteiger partial charge in [-0.05, 0) is 64.5 Å². The number of carbonyl (C=O) groups excluding carboxylic acids is 3. The van der Waals surface area contributed by atoms with Crippen molar-refractivity contribution in [2.24, 2.45) is 11.8 Å². The lowest BCUT2D eigenvalue weighted by atomic mass is 9.92. The fourth-order valence-electron chi connectivity index (χ4n) is 4.90. The van der Waals surface area contributed by atoms with Gasteiger partial charge < -0.3 is 49.1 Å². The Morgan fingerprint density at radius 3 is 2.37 bits per heavy atom. The van der Waals surface area contributed by atoms with E-state index in [2.05, 4.69) is 20.5 Å². The zero-order chi connectivity index (χ0) is 33.7. The van der Waals surface area contributed by atoms with Crippen molar-refractivity contribution in [3.63, 3.8) is 0 Å². The molecule has 46 heavy (non-hydrogen) atoms. The predicted octanol–water partition coefficient (Wildman–Crippen LogP) is 2.31. The number of anilines is 1. The molecule has 1 saturated carbocycles. The number of aliphatic hydroxyl groups is 1. The van der Waals surface area contributed by atoms with Gasteiger partial charge in [0, 0.05) is 46.4 Å². The van der Waals surface area contributed by atoms with Crippen molar-refractivity contribution >= 4 is 23.7 Å². The summed E-state index contributed by atoms with van der Waals surface area (Å²) >= 11 is 0. The summed E-state index contributed by atoms with van der Waals surface area (Å²) in [6, 6.07) is 3.41. The van der Waals surface area contributed by atoms with Crippen LogP contribution in [0.3, 0.4) is 0 Å². The molecule has 0 spiro atoms. The minimum atomic E-state index is -1.34. The van der Waals surface area contributed by atoms with Crippen LogP contribution in [0.4, 0.5) is 10.5 Å². The molecule has 260 valence electrons. The van der Waals surface area contributed by atoms with Crippen LogP contribution in [0, 0.1) is 11.8 Å². The Balaban J connectivity index is 1.56. The summed E-state index contributed by atoms with van der Waals surface area (Å²) in [6.07, 6.45) is 0.935. The number of nitrogens with one attached hydrogen (secondary N) is 2. The lowest BCUT2D eigenvalue weighted by Gasteiger charge is -2.40. The van der Waals surface area contributed by atoms with Crippen LogP contribution >= 0.6 is 0 Å². The number of pyridine rings is 1. The van der Waals surface area contributed by atoms with Crippen LogP contribution in [0.1, 0.15) is 64.4 Å². The molecular weight excluding hydrogens is 600 g/mol. The SMILES string of the molecule is CCOC(=O)C(CC)(CCOCCOCCNC(=O)OC(C)(C)C)NC(=O)c1ccc(N2CC(OC)C2)c(OC[C@H]2C[C@@H]2CO)n1. The molecule has 0 aromatic carbocycles. The summed E-state index contributed by atoms with van der Waals surface area (Å²) < 4.78 is 33.2. The first-order valence-electron chi connectivity index (χ1n) is 16.1. The standard InChI is InChI=1S/C32H52N4O10/c1-7-32(29(39)44-8-2,11-13-42-15-16-43-14-12-33-30(40)46-31(3,4)5)35-27(38)25-9-10-26(36-18-24(19-36)41-6)28(34-25)45-21-23-17-22(23)20-37/h9-10,22-24,37H,7-8,11-21H2,1-6H3,(H,33,40)(H,35,38)/t22-,23-,32?/m1/s1. The van der Waals surface area contributed by atoms with E-state index < -0.39 is 29.1 Å². The van der Waals surface area contributed by atoms with E-state index in [0.29, 0.717) is 32.1 Å². The predicted molar refractivity (Wildman–Crippen MR) is 169 cm³/mol. The summed E-state index contributed by atoms with van der Waals surface area (Å²) in [6.45, 7) is 12.2. The average Bonchev–Trinajstić information content (AvgIpc) is 3.76. The Kier molecular flexibility index (Phi) is 14.3. The van der Waals surface area contributed by atoms with Crippen molar-refractivity contribution in [3.05, 3.63) is 17.8 Å². The summed E-state index contributed by atoms with van der Waals surface area (Å²) in [5.74, 6) is -0.293. The van der Waals surface area contributed by atoms with E-state index in [1.807, 2.05) is 0 Å². The lowest BCUT2D eigenvalue weighted by Crippen LogP contribution is -2.55. The van der Waals surface area contributed by atoms with Crippen LogP contribution in [-0.2, 0) is 28.5 Å². The van der Waals surface area contributed by atoms with Gasteiger partial charge in [0.05, 0.1) is 39.1 Å². The molecule has 1 saturated heterocycles. The molecule has 1 aliphatic carbocycles. The van der Waals surface area contributed by atoms with Gasteiger partial charge in [-0.1, -0.05) is 6.92 Å². The fraction of sp³-hybridized carbons (Fsp3) is 0.750. The van der Waals surface area contributed by atoms with Crippen LogP contribution in [0.5, 0.6) is 5.88 Å². The van der Waals surface area contributed by atoms with E-state index in [1.165, 1.54) is 0 Å². The van der Waals surface area contributed by atoms with Crippen molar-refractivity contribution in [3.8, 4) is 5.88 Å². The molecule has 14 nitrogen and oxygen atoms in total. The van der Waals surface area contributed by atoms with Gasteiger partial charge in [-0.3, -0.25) is 4.79 Å². The number of rotatable bonds is 20. The van der Waals surface area contributed by atoms with Crippen LogP contribution in [0.25, 0.3) is 0 Å². The summed E-state index contributed by atoms with van der Waals surface area (Å²) in [5, 5.41) is 14.9. The molecule has 1 aromatic heterocycles. The highest BCUT2D eigenvalue weighted by Crippen LogP contribution is 2.39. The van der Waals surface area contributed by atoms with Crippen LogP contribution in [0.2, 0.25) is 0 Å². The first kappa shape index (κ1) is 37.3. The molecule has 2 amide bonds. The maximum absolute atomic E-state index is 13.5. The lowest BCUT2D eigenvalue weighted by molar-refractivity contribution is -0.152. The zero-order valence-corrected chi connectivity index (χ0v) is 28.1. The second-order valence-corrected chi connectivity index (χ2v) is 12.5. The second kappa shape index (κ2) is 17.6. The number of hydrogen-bond donors (Lipinski definition) is 3. The van der Waals surface area contributed by atoms with E-state index in [0.717, 1.165) is 12.1 Å². The van der Waals surface area contributed by atoms with Crippen LogP contribution < -0.4 is 20.3 Å². The van der Waals surface area contributed by atoms with Gasteiger partial charge in [0.2, 0.25) is 5.88 Å². The molecule has 2 fully saturated rings. The summed E-state index contributed by atoms with van der Waals surface area (Å²) in [4.78, 5) is 45.0. The topological polar surface area (TPSA) is 167 Å². The molecule has 2 aliphatic rings. The Hall–Kier alpha value is -3.20. The molecule has 0 bridgehead atoms. The number of methoxy groups -OCH3 is 1. The first-order chi connectivity index (χ1) is 21.9. The van der Waals surface area contributed by atoms with Crippen molar-refractivity contribution in [1.82, 2.24) is 15.6 Å². The molecule has 3 rings (SSSR count). The number of nitrogens with zero attached hydrogens (tertiary/aromatic N) is 2. The molecule has 3 N–H and O–H groups in total. The van der Waals surface area contributed by atoms with Gasteiger partial charge in [-0.25, -0.2) is 14.6 Å². The largest absolute Gasteiger partial charge is 0.476 e. The molecule has 1 aromatic rings. The number of ether oxygens (including phenoxy) is 6. The van der Waals surface area contributed by atoms with E-state index in [-0.39, 0.29) is 76.1 Å². The number of carbonyl (C=O) groups is 3. The Morgan fingerprint density at radius 2 is 1.76 bits per heavy atom. The molecular formula is C32H52N4O10. The molecule has 2 heterocycles.